The summed E-state index contributed by atoms with van der Waals surface area (Å²) in [6, 6.07) is 10.3. The van der Waals surface area contributed by atoms with Crippen LogP contribution in [0.3, 0.4) is 0 Å². The van der Waals surface area contributed by atoms with Crippen molar-refractivity contribution in [3.05, 3.63) is 52.8 Å². The molecular formula is C19H19N5OS. The van der Waals surface area contributed by atoms with Gasteiger partial charge in [-0.05, 0) is 25.3 Å². The Morgan fingerprint density at radius 3 is 2.50 bits per heavy atom. The quantitative estimate of drug-likeness (QED) is 0.488. The molecule has 0 atom stereocenters. The number of aromatic nitrogens is 4. The number of hydrogen-bond acceptors (Lipinski definition) is 7. The second-order valence-electron chi connectivity index (χ2n) is 6.23. The van der Waals surface area contributed by atoms with Crippen LogP contribution in [0.5, 0.6) is 0 Å². The van der Waals surface area contributed by atoms with Crippen molar-refractivity contribution in [1.82, 2.24) is 20.1 Å². The van der Waals surface area contributed by atoms with E-state index in [-0.39, 0.29) is 0 Å². The summed E-state index contributed by atoms with van der Waals surface area (Å²) < 4.78 is 5.34. The highest BCUT2D eigenvalue weighted by Crippen LogP contribution is 2.26. The highest BCUT2D eigenvalue weighted by molar-refractivity contribution is 7.98. The van der Waals surface area contributed by atoms with Crippen LogP contribution < -0.4 is 0 Å². The summed E-state index contributed by atoms with van der Waals surface area (Å²) >= 11 is 1.40. The van der Waals surface area contributed by atoms with E-state index in [0.717, 1.165) is 5.56 Å². The number of rotatable bonds is 5. The maximum absolute atomic E-state index is 9.31. The van der Waals surface area contributed by atoms with E-state index in [1.807, 2.05) is 26.0 Å². The molecule has 0 unspecified atom stereocenters. The van der Waals surface area contributed by atoms with Gasteiger partial charge in [-0.2, -0.15) is 10.2 Å². The van der Waals surface area contributed by atoms with Gasteiger partial charge in [-0.3, -0.25) is 0 Å². The molecule has 0 radical (unpaired) electrons. The smallest absolute Gasteiger partial charge is 0.237 e. The van der Waals surface area contributed by atoms with Gasteiger partial charge in [0.1, 0.15) is 22.5 Å². The van der Waals surface area contributed by atoms with Gasteiger partial charge in [-0.15, -0.1) is 0 Å². The van der Waals surface area contributed by atoms with E-state index in [1.54, 1.807) is 0 Å². The Kier molecular flexibility index (Phi) is 5.33. The fourth-order valence-corrected chi connectivity index (χ4v) is 3.40. The number of nitriles is 1. The first-order valence-electron chi connectivity index (χ1n) is 8.29. The Morgan fingerprint density at radius 2 is 1.85 bits per heavy atom. The van der Waals surface area contributed by atoms with E-state index in [0.29, 0.717) is 45.5 Å². The third kappa shape index (κ3) is 3.92. The zero-order valence-corrected chi connectivity index (χ0v) is 16.0. The summed E-state index contributed by atoms with van der Waals surface area (Å²) in [6.45, 7) is 7.93. The molecule has 0 bridgehead atoms. The molecule has 0 aliphatic rings. The maximum atomic E-state index is 9.31. The lowest BCUT2D eigenvalue weighted by Crippen LogP contribution is -1.99. The Bertz CT molecular complexity index is 957. The molecule has 1 aromatic carbocycles. The molecule has 7 heteroatoms. The number of hydrogen-bond donors (Lipinski definition) is 0. The first kappa shape index (κ1) is 18.1. The van der Waals surface area contributed by atoms with Gasteiger partial charge in [-0.1, -0.05) is 55.0 Å². The molecule has 3 aromatic rings. The molecule has 0 N–H and O–H groups in total. The van der Waals surface area contributed by atoms with Crippen LogP contribution in [0.1, 0.15) is 48.3 Å². The second-order valence-corrected chi connectivity index (χ2v) is 7.19. The van der Waals surface area contributed by atoms with Gasteiger partial charge in [0.2, 0.25) is 11.7 Å². The van der Waals surface area contributed by atoms with Crippen LogP contribution in [0.2, 0.25) is 0 Å². The van der Waals surface area contributed by atoms with E-state index in [2.05, 4.69) is 52.2 Å². The standard InChI is InChI=1S/C19H19N5OS/c1-11(2)14-5-7-15(8-6-14)18-23-17(25-24-18)10-26-19-16(9-20)12(3)21-13(4)22-19/h5-8,11H,10H2,1-4H3. The second kappa shape index (κ2) is 7.67. The predicted molar refractivity (Wildman–Crippen MR) is 99.6 cm³/mol. The van der Waals surface area contributed by atoms with Crippen molar-refractivity contribution in [2.75, 3.05) is 0 Å². The normalized spacial score (nSPS) is 10.9. The fraction of sp³-hybridized carbons (Fsp3) is 0.316. The first-order valence-corrected chi connectivity index (χ1v) is 9.27. The lowest BCUT2D eigenvalue weighted by molar-refractivity contribution is 0.391. The summed E-state index contributed by atoms with van der Waals surface area (Å²) in [7, 11) is 0. The third-order valence-electron chi connectivity index (χ3n) is 3.92. The van der Waals surface area contributed by atoms with E-state index < -0.39 is 0 Å². The highest BCUT2D eigenvalue weighted by atomic mass is 32.2. The number of thioether (sulfide) groups is 1. The zero-order chi connectivity index (χ0) is 18.7. The molecule has 0 amide bonds. The molecule has 2 aromatic heterocycles. The molecule has 0 aliphatic heterocycles. The molecule has 0 spiro atoms. The number of nitrogens with zero attached hydrogens (tertiary/aromatic N) is 5. The van der Waals surface area contributed by atoms with Crippen LogP contribution >= 0.6 is 11.8 Å². The minimum atomic E-state index is 0.446. The molecule has 2 heterocycles. The summed E-state index contributed by atoms with van der Waals surface area (Å²) in [6.07, 6.45) is 0. The molecule has 3 rings (SSSR count). The molecule has 132 valence electrons. The van der Waals surface area contributed by atoms with Crippen LogP contribution in [0.4, 0.5) is 0 Å². The Hall–Kier alpha value is -2.72. The topological polar surface area (TPSA) is 88.5 Å². The van der Waals surface area contributed by atoms with Crippen LogP contribution in [0.25, 0.3) is 11.4 Å². The van der Waals surface area contributed by atoms with Crippen molar-refractivity contribution in [2.24, 2.45) is 0 Å². The Morgan fingerprint density at radius 1 is 1.12 bits per heavy atom. The monoisotopic (exact) mass is 365 g/mol. The van der Waals surface area contributed by atoms with Crippen LogP contribution in [0.15, 0.2) is 33.8 Å². The van der Waals surface area contributed by atoms with Crippen LogP contribution in [-0.4, -0.2) is 20.1 Å². The van der Waals surface area contributed by atoms with Gasteiger partial charge >= 0.3 is 0 Å². The van der Waals surface area contributed by atoms with E-state index >= 15 is 0 Å². The SMILES string of the molecule is Cc1nc(C)c(C#N)c(SCc2nc(-c3ccc(C(C)C)cc3)no2)n1. The number of benzene rings is 1. The average molecular weight is 365 g/mol. The van der Waals surface area contributed by atoms with Crippen molar-refractivity contribution in [3.63, 3.8) is 0 Å². The molecule has 6 nitrogen and oxygen atoms in total. The molecule has 26 heavy (non-hydrogen) atoms. The summed E-state index contributed by atoms with van der Waals surface area (Å²) in [5.41, 5.74) is 3.36. The predicted octanol–water partition coefficient (Wildman–Crippen LogP) is 4.43. The van der Waals surface area contributed by atoms with Gasteiger partial charge in [0, 0.05) is 5.56 Å². The summed E-state index contributed by atoms with van der Waals surface area (Å²) in [5, 5.41) is 14.0. The highest BCUT2D eigenvalue weighted by Gasteiger charge is 2.14. The fourth-order valence-electron chi connectivity index (χ4n) is 2.49. The summed E-state index contributed by atoms with van der Waals surface area (Å²) in [5.74, 6) is 2.62. The van der Waals surface area contributed by atoms with Crippen LogP contribution in [0, 0.1) is 25.2 Å². The van der Waals surface area contributed by atoms with Gasteiger partial charge in [0.15, 0.2) is 0 Å². The zero-order valence-electron chi connectivity index (χ0n) is 15.1. The minimum absolute atomic E-state index is 0.446. The van der Waals surface area contributed by atoms with Crippen molar-refractivity contribution in [1.29, 1.82) is 5.26 Å². The largest absolute Gasteiger partial charge is 0.338 e. The maximum Gasteiger partial charge on any atom is 0.237 e. The van der Waals surface area contributed by atoms with Gasteiger partial charge in [0.25, 0.3) is 0 Å². The minimum Gasteiger partial charge on any atom is -0.338 e. The van der Waals surface area contributed by atoms with E-state index in [4.69, 9.17) is 4.52 Å². The Balaban J connectivity index is 1.75. The molecular weight excluding hydrogens is 346 g/mol. The van der Waals surface area contributed by atoms with Gasteiger partial charge in [0.05, 0.1) is 11.4 Å². The van der Waals surface area contributed by atoms with E-state index in [1.165, 1.54) is 17.3 Å². The molecule has 0 saturated heterocycles. The van der Waals surface area contributed by atoms with Crippen molar-refractivity contribution < 1.29 is 4.52 Å². The average Bonchev–Trinajstić information content (AvgIpc) is 3.08. The molecule has 0 fully saturated rings. The lowest BCUT2D eigenvalue weighted by atomic mass is 10.0. The van der Waals surface area contributed by atoms with Crippen LogP contribution in [-0.2, 0) is 5.75 Å². The molecule has 0 saturated carbocycles. The Labute approximate surface area is 156 Å². The van der Waals surface area contributed by atoms with Crippen molar-refractivity contribution in [3.8, 4) is 17.5 Å². The third-order valence-corrected chi connectivity index (χ3v) is 4.88. The summed E-state index contributed by atoms with van der Waals surface area (Å²) in [4.78, 5) is 13.0. The van der Waals surface area contributed by atoms with Crippen molar-refractivity contribution >= 4 is 11.8 Å². The van der Waals surface area contributed by atoms with Gasteiger partial charge in [-0.25, -0.2) is 9.97 Å². The van der Waals surface area contributed by atoms with Gasteiger partial charge < -0.3 is 4.52 Å². The van der Waals surface area contributed by atoms with Crippen molar-refractivity contribution in [2.45, 2.75) is 44.4 Å². The first-order chi connectivity index (χ1) is 12.5. The van der Waals surface area contributed by atoms with E-state index in [9.17, 15) is 5.26 Å². The number of aryl methyl sites for hydroxylation is 2. The lowest BCUT2D eigenvalue weighted by Gasteiger charge is -2.05. The molecule has 0 aliphatic carbocycles.